The lowest BCUT2D eigenvalue weighted by molar-refractivity contribution is -0.115. The molecule has 1 atom stereocenters. The molecule has 0 spiro atoms. The quantitative estimate of drug-likeness (QED) is 0.255. The Hall–Kier alpha value is -1.94. The van der Waals surface area contributed by atoms with Crippen LogP contribution in [0.25, 0.3) is 0 Å². The van der Waals surface area contributed by atoms with Gasteiger partial charge in [0.15, 0.2) is 6.29 Å². The van der Waals surface area contributed by atoms with Gasteiger partial charge in [-0.3, -0.25) is 0 Å². The van der Waals surface area contributed by atoms with Crippen LogP contribution in [0.1, 0.15) is 31.3 Å². The monoisotopic (exact) mass is 418 g/mol. The normalized spacial score (nSPS) is 12.0. The maximum atomic E-state index is 10.2. The summed E-state index contributed by atoms with van der Waals surface area (Å²) in [7, 11) is -1.49. The molecule has 0 amide bonds. The van der Waals surface area contributed by atoms with Gasteiger partial charge in [0.25, 0.3) is 0 Å². The molecule has 164 valence electrons. The molecule has 0 aliphatic heterocycles. The van der Waals surface area contributed by atoms with Crippen molar-refractivity contribution in [2.45, 2.75) is 26.7 Å². The van der Waals surface area contributed by atoms with Gasteiger partial charge in [0.1, 0.15) is 5.75 Å². The van der Waals surface area contributed by atoms with Gasteiger partial charge < -0.3 is 33.3 Å². The number of rotatable bonds is 16. The zero-order valence-corrected chi connectivity index (χ0v) is 17.7. The topological polar surface area (TPSA) is 75.6 Å². The van der Waals surface area contributed by atoms with Crippen LogP contribution in [0, 0.1) is 0 Å². The van der Waals surface area contributed by atoms with Crippen LogP contribution in [0.3, 0.4) is 0 Å². The molecule has 0 radical (unpaired) electrons. The third-order valence-electron chi connectivity index (χ3n) is 4.02. The number of benzene rings is 2. The Morgan fingerprint density at radius 1 is 0.800 bits per heavy atom. The van der Waals surface area contributed by atoms with Crippen molar-refractivity contribution in [3.8, 4) is 5.75 Å². The van der Waals surface area contributed by atoms with Gasteiger partial charge in [0, 0.05) is 18.8 Å². The maximum Gasteiger partial charge on any atom is 0.712 e. The predicted octanol–water partition coefficient (Wildman–Crippen LogP) is 3.36. The predicted molar refractivity (Wildman–Crippen MR) is 114 cm³/mol. The fraction of sp³-hybridized carbons (Fsp3) is 0.455. The minimum absolute atomic E-state index is 0.331. The van der Waals surface area contributed by atoms with Crippen molar-refractivity contribution in [2.75, 3.05) is 39.6 Å². The molecule has 30 heavy (non-hydrogen) atoms. The van der Waals surface area contributed by atoms with E-state index in [2.05, 4.69) is 0 Å². The molecule has 0 aliphatic rings. The molecule has 1 N–H and O–H groups in total. The Bertz CT molecular complexity index is 669. The Morgan fingerprint density at radius 3 is 2.10 bits per heavy atom. The zero-order valence-electron chi connectivity index (χ0n) is 17.7. The molecule has 0 aliphatic carbocycles. The third-order valence-corrected chi connectivity index (χ3v) is 4.02. The molecule has 0 heterocycles. The summed E-state index contributed by atoms with van der Waals surface area (Å²) in [4.78, 5) is 0. The fourth-order valence-corrected chi connectivity index (χ4v) is 2.55. The highest BCUT2D eigenvalue weighted by Crippen LogP contribution is 2.21. The highest BCUT2D eigenvalue weighted by molar-refractivity contribution is 6.35. The molecule has 0 aromatic heterocycles. The van der Waals surface area contributed by atoms with Crippen molar-refractivity contribution in [3.05, 3.63) is 65.7 Å². The third kappa shape index (κ3) is 9.71. The van der Waals surface area contributed by atoms with Crippen LogP contribution < -0.4 is 4.65 Å². The highest BCUT2D eigenvalue weighted by atomic mass is 16.8. The van der Waals surface area contributed by atoms with Gasteiger partial charge in [-0.2, -0.15) is 0 Å². The van der Waals surface area contributed by atoms with E-state index in [4.69, 9.17) is 28.3 Å². The molecule has 2 aromatic carbocycles. The van der Waals surface area contributed by atoms with Gasteiger partial charge in [0.2, 0.25) is 0 Å². The summed E-state index contributed by atoms with van der Waals surface area (Å²) in [5.41, 5.74) is 1.77. The van der Waals surface area contributed by atoms with Crippen molar-refractivity contribution < 1.29 is 33.3 Å². The van der Waals surface area contributed by atoms with E-state index in [1.54, 1.807) is 12.1 Å². The molecular formula is C22H31BO7. The maximum absolute atomic E-state index is 10.2. The van der Waals surface area contributed by atoms with E-state index in [9.17, 15) is 5.02 Å². The van der Waals surface area contributed by atoms with Gasteiger partial charge >= 0.3 is 7.32 Å². The highest BCUT2D eigenvalue weighted by Gasteiger charge is 2.26. The van der Waals surface area contributed by atoms with Gasteiger partial charge in [-0.1, -0.05) is 42.5 Å². The molecule has 1 unspecified atom stereocenters. The lowest BCUT2D eigenvalue weighted by Crippen LogP contribution is -2.30. The van der Waals surface area contributed by atoms with Crippen LogP contribution in [-0.4, -0.2) is 52.0 Å². The van der Waals surface area contributed by atoms with Gasteiger partial charge in [-0.25, -0.2) is 0 Å². The molecule has 2 rings (SSSR count). The number of hydrogen-bond donors (Lipinski definition) is 1. The Kier molecular flexibility index (Phi) is 12.1. The second-order valence-electron chi connectivity index (χ2n) is 6.26. The van der Waals surface area contributed by atoms with E-state index in [0.717, 1.165) is 11.1 Å². The van der Waals surface area contributed by atoms with Crippen LogP contribution in [0.4, 0.5) is 0 Å². The van der Waals surface area contributed by atoms with Crippen LogP contribution in [0.5, 0.6) is 5.75 Å². The minimum atomic E-state index is -1.49. The van der Waals surface area contributed by atoms with Crippen LogP contribution >= 0.6 is 0 Å². The zero-order chi connectivity index (χ0) is 21.4. The lowest BCUT2D eigenvalue weighted by Gasteiger charge is -2.20. The van der Waals surface area contributed by atoms with Gasteiger partial charge in [-0.05, 0) is 31.5 Å². The van der Waals surface area contributed by atoms with E-state index in [0.29, 0.717) is 52.0 Å². The first-order chi connectivity index (χ1) is 14.7. The average Bonchev–Trinajstić information content (AvgIpc) is 2.77. The summed E-state index contributed by atoms with van der Waals surface area (Å²) in [5.74, 6) is 0.474. The summed E-state index contributed by atoms with van der Waals surface area (Å²) in [5, 5.41) is 10.2. The minimum Gasteiger partial charge on any atom is -0.512 e. The van der Waals surface area contributed by atoms with Crippen molar-refractivity contribution >= 4 is 7.32 Å². The van der Waals surface area contributed by atoms with E-state index in [1.165, 1.54) is 0 Å². The number of ether oxygens (including phenoxy) is 4. The van der Waals surface area contributed by atoms with Gasteiger partial charge in [0.05, 0.1) is 33.0 Å². The Balaban J connectivity index is 1.82. The Labute approximate surface area is 179 Å². The van der Waals surface area contributed by atoms with Crippen LogP contribution in [-0.2, 0) is 30.2 Å². The lowest BCUT2D eigenvalue weighted by atomic mass is 10.1. The molecule has 8 heteroatoms. The molecule has 7 nitrogen and oxygen atoms in total. The summed E-state index contributed by atoms with van der Waals surface area (Å²) < 4.78 is 32.8. The van der Waals surface area contributed by atoms with E-state index < -0.39 is 13.6 Å². The van der Waals surface area contributed by atoms with E-state index >= 15 is 0 Å². The molecular weight excluding hydrogens is 387 g/mol. The first kappa shape index (κ1) is 24.3. The summed E-state index contributed by atoms with van der Waals surface area (Å²) >= 11 is 0. The first-order valence-corrected chi connectivity index (χ1v) is 10.2. The second-order valence-corrected chi connectivity index (χ2v) is 6.26. The van der Waals surface area contributed by atoms with Crippen molar-refractivity contribution in [2.24, 2.45) is 0 Å². The Morgan fingerprint density at radius 2 is 1.43 bits per heavy atom. The number of hydrogen-bond acceptors (Lipinski definition) is 7. The summed E-state index contributed by atoms with van der Waals surface area (Å²) in [6, 6.07) is 16.6. The van der Waals surface area contributed by atoms with Gasteiger partial charge in [-0.15, -0.1) is 0 Å². The molecule has 0 bridgehead atoms. The standard InChI is InChI=1S/C22H31BO7/c1-3-25-14-15-27-18-19-10-12-21(13-11-19)29-23(24)30-22(28-17-16-26-4-2)20-8-6-5-7-9-20/h5-13,22,24H,3-4,14-18H2,1-2H3. The molecule has 0 fully saturated rings. The van der Waals surface area contributed by atoms with E-state index in [1.807, 2.05) is 56.3 Å². The van der Waals surface area contributed by atoms with E-state index in [-0.39, 0.29) is 0 Å². The fourth-order valence-electron chi connectivity index (χ4n) is 2.55. The smallest absolute Gasteiger partial charge is 0.512 e. The van der Waals surface area contributed by atoms with Crippen molar-refractivity contribution in [1.29, 1.82) is 0 Å². The molecule has 0 saturated carbocycles. The average molecular weight is 418 g/mol. The molecule has 2 aromatic rings. The van der Waals surface area contributed by atoms with Crippen molar-refractivity contribution in [1.82, 2.24) is 0 Å². The van der Waals surface area contributed by atoms with Crippen LogP contribution in [0.2, 0.25) is 0 Å². The largest absolute Gasteiger partial charge is 0.712 e. The summed E-state index contributed by atoms with van der Waals surface area (Å²) in [6.45, 7) is 7.54. The second kappa shape index (κ2) is 15.0. The SMILES string of the molecule is CCOCCOCc1ccc(OB(O)OC(OCCOCC)c2ccccc2)cc1. The summed E-state index contributed by atoms with van der Waals surface area (Å²) in [6.07, 6.45) is -0.778. The van der Waals surface area contributed by atoms with Crippen LogP contribution in [0.15, 0.2) is 54.6 Å². The molecule has 0 saturated heterocycles. The first-order valence-electron chi connectivity index (χ1n) is 10.2. The van der Waals surface area contributed by atoms with Crippen molar-refractivity contribution in [3.63, 3.8) is 0 Å².